The van der Waals surface area contributed by atoms with Gasteiger partial charge in [0.1, 0.15) is 24.2 Å². The van der Waals surface area contributed by atoms with E-state index in [4.69, 9.17) is 4.74 Å². The van der Waals surface area contributed by atoms with E-state index in [0.29, 0.717) is 0 Å². The summed E-state index contributed by atoms with van der Waals surface area (Å²) in [6.45, 7) is 4.51. The third-order valence-corrected chi connectivity index (χ3v) is 7.81. The quantitative estimate of drug-likeness (QED) is 0.397. The smallest absolute Gasteiger partial charge is 0.264 e. The number of benzene rings is 3. The molecule has 3 aromatic rings. The molecule has 38 heavy (non-hydrogen) atoms. The molecule has 2 amide bonds. The van der Waals surface area contributed by atoms with Crippen molar-refractivity contribution in [3.63, 3.8) is 0 Å². The molecule has 0 fully saturated rings. The lowest BCUT2D eigenvalue weighted by molar-refractivity contribution is -0.139. The minimum atomic E-state index is -4.24. The summed E-state index contributed by atoms with van der Waals surface area (Å²) in [5.74, 6) is -1.43. The van der Waals surface area contributed by atoms with Gasteiger partial charge in [0.25, 0.3) is 10.0 Å². The van der Waals surface area contributed by atoms with Crippen LogP contribution in [0.3, 0.4) is 0 Å². The average molecular weight is 542 g/mol. The van der Waals surface area contributed by atoms with Gasteiger partial charge in [0.05, 0.1) is 17.2 Å². The molecule has 0 aliphatic rings. The first kappa shape index (κ1) is 28.6. The minimum absolute atomic E-state index is 0.0118. The second kappa shape index (κ2) is 12.6. The number of amides is 2. The van der Waals surface area contributed by atoms with Gasteiger partial charge in [-0.3, -0.25) is 13.9 Å². The number of rotatable bonds is 11. The zero-order valence-corrected chi connectivity index (χ0v) is 22.7. The number of carbonyl (C=O) groups excluding carboxylic acids is 2. The predicted molar refractivity (Wildman–Crippen MR) is 144 cm³/mol. The van der Waals surface area contributed by atoms with Gasteiger partial charge in [-0.25, -0.2) is 12.8 Å². The van der Waals surface area contributed by atoms with Crippen molar-refractivity contribution in [2.45, 2.75) is 38.3 Å². The van der Waals surface area contributed by atoms with Crippen LogP contribution in [-0.2, 0) is 26.2 Å². The van der Waals surface area contributed by atoms with E-state index in [0.717, 1.165) is 14.8 Å². The predicted octanol–water partition coefficient (Wildman–Crippen LogP) is 3.89. The van der Waals surface area contributed by atoms with E-state index >= 15 is 0 Å². The SMILES string of the molecule is CCOc1ccccc1N(CC(=O)N(Cc1ccccc1F)[C@H](C)C(=O)NC)S(=O)(=O)c1ccc(C)cc1. The van der Waals surface area contributed by atoms with Crippen molar-refractivity contribution in [1.29, 1.82) is 0 Å². The number of nitrogens with zero attached hydrogens (tertiary/aromatic N) is 2. The van der Waals surface area contributed by atoms with E-state index in [9.17, 15) is 22.4 Å². The lowest BCUT2D eigenvalue weighted by Crippen LogP contribution is -2.50. The molecule has 3 rings (SSSR count). The van der Waals surface area contributed by atoms with Crippen LogP contribution in [0.25, 0.3) is 0 Å². The Kier molecular flexibility index (Phi) is 9.46. The molecule has 10 heteroatoms. The Bertz CT molecular complexity index is 1380. The molecule has 0 aromatic heterocycles. The van der Waals surface area contributed by atoms with E-state index in [2.05, 4.69) is 5.32 Å². The Morgan fingerprint density at radius 2 is 1.63 bits per heavy atom. The van der Waals surface area contributed by atoms with Crippen LogP contribution in [-0.4, -0.2) is 51.4 Å². The number of nitrogens with one attached hydrogen (secondary N) is 1. The molecule has 0 saturated carbocycles. The first-order valence-corrected chi connectivity index (χ1v) is 13.6. The van der Waals surface area contributed by atoms with Crippen LogP contribution in [0.1, 0.15) is 25.0 Å². The van der Waals surface area contributed by atoms with Gasteiger partial charge in [0.15, 0.2) is 0 Å². The summed E-state index contributed by atoms with van der Waals surface area (Å²) in [4.78, 5) is 27.5. The third kappa shape index (κ3) is 6.49. The van der Waals surface area contributed by atoms with Crippen molar-refractivity contribution in [1.82, 2.24) is 10.2 Å². The van der Waals surface area contributed by atoms with Gasteiger partial charge in [0, 0.05) is 19.2 Å². The van der Waals surface area contributed by atoms with Gasteiger partial charge in [-0.2, -0.15) is 0 Å². The van der Waals surface area contributed by atoms with Gasteiger partial charge >= 0.3 is 0 Å². The summed E-state index contributed by atoms with van der Waals surface area (Å²) in [6.07, 6.45) is 0. The molecular formula is C28H32FN3O5S. The average Bonchev–Trinajstić information content (AvgIpc) is 2.91. The molecule has 0 radical (unpaired) electrons. The fraction of sp³-hybridized carbons (Fsp3) is 0.286. The van der Waals surface area contributed by atoms with Crippen molar-refractivity contribution >= 4 is 27.5 Å². The van der Waals surface area contributed by atoms with E-state index in [1.807, 2.05) is 6.92 Å². The Hall–Kier alpha value is -3.92. The second-order valence-corrected chi connectivity index (χ2v) is 10.5. The van der Waals surface area contributed by atoms with Crippen molar-refractivity contribution in [3.05, 3.63) is 89.7 Å². The maximum Gasteiger partial charge on any atom is 0.264 e. The topological polar surface area (TPSA) is 96.0 Å². The number of aryl methyl sites for hydroxylation is 1. The largest absolute Gasteiger partial charge is 0.492 e. The minimum Gasteiger partial charge on any atom is -0.492 e. The normalized spacial score (nSPS) is 11.9. The summed E-state index contributed by atoms with van der Waals surface area (Å²) >= 11 is 0. The highest BCUT2D eigenvalue weighted by molar-refractivity contribution is 7.92. The van der Waals surface area contributed by atoms with Gasteiger partial charge in [0.2, 0.25) is 11.8 Å². The number of likely N-dealkylation sites (N-methyl/N-ethyl adjacent to an activating group) is 1. The molecule has 0 unspecified atom stereocenters. The van der Waals surface area contributed by atoms with Gasteiger partial charge < -0.3 is 15.0 Å². The maximum atomic E-state index is 14.5. The zero-order chi connectivity index (χ0) is 27.9. The molecule has 0 heterocycles. The fourth-order valence-corrected chi connectivity index (χ4v) is 5.32. The second-order valence-electron chi connectivity index (χ2n) is 8.63. The van der Waals surface area contributed by atoms with Crippen LogP contribution in [0.2, 0.25) is 0 Å². The molecular weight excluding hydrogens is 509 g/mol. The lowest BCUT2D eigenvalue weighted by Gasteiger charge is -2.32. The molecule has 3 aromatic carbocycles. The number of ether oxygens (including phenoxy) is 1. The number of anilines is 1. The van der Waals surface area contributed by atoms with Crippen LogP contribution >= 0.6 is 0 Å². The number of para-hydroxylation sites is 2. The van der Waals surface area contributed by atoms with Crippen molar-refractivity contribution in [2.75, 3.05) is 24.5 Å². The van der Waals surface area contributed by atoms with Crippen LogP contribution in [0, 0.1) is 12.7 Å². The molecule has 8 nitrogen and oxygen atoms in total. The Morgan fingerprint density at radius 1 is 1.00 bits per heavy atom. The van der Waals surface area contributed by atoms with Gasteiger partial charge in [-0.05, 0) is 51.1 Å². The summed E-state index contributed by atoms with van der Waals surface area (Å²) < 4.78 is 48.9. The summed E-state index contributed by atoms with van der Waals surface area (Å²) in [5, 5.41) is 2.49. The Morgan fingerprint density at radius 3 is 2.26 bits per heavy atom. The Balaban J connectivity index is 2.10. The molecule has 202 valence electrons. The maximum absolute atomic E-state index is 14.5. The lowest BCUT2D eigenvalue weighted by atomic mass is 10.1. The van der Waals surface area contributed by atoms with Gasteiger partial charge in [-0.15, -0.1) is 0 Å². The summed E-state index contributed by atoms with van der Waals surface area (Å²) in [6, 6.07) is 17.7. The number of carbonyl (C=O) groups is 2. The summed E-state index contributed by atoms with van der Waals surface area (Å²) in [7, 11) is -2.81. The molecule has 0 spiro atoms. The first-order chi connectivity index (χ1) is 18.1. The van der Waals surface area contributed by atoms with Crippen LogP contribution < -0.4 is 14.4 Å². The van der Waals surface area contributed by atoms with Crippen LogP contribution in [0.4, 0.5) is 10.1 Å². The van der Waals surface area contributed by atoms with Crippen molar-refractivity contribution < 1.29 is 27.1 Å². The number of hydrogen-bond acceptors (Lipinski definition) is 5. The van der Waals surface area contributed by atoms with Gasteiger partial charge in [-0.1, -0.05) is 48.0 Å². The highest BCUT2D eigenvalue weighted by Gasteiger charge is 2.33. The van der Waals surface area contributed by atoms with E-state index in [1.54, 1.807) is 49.4 Å². The molecule has 1 N–H and O–H groups in total. The molecule has 0 bridgehead atoms. The molecule has 0 aliphatic carbocycles. The number of hydrogen-bond donors (Lipinski definition) is 1. The molecule has 1 atom stereocenters. The highest BCUT2D eigenvalue weighted by atomic mass is 32.2. The summed E-state index contributed by atoms with van der Waals surface area (Å²) in [5.41, 5.74) is 1.23. The van der Waals surface area contributed by atoms with Crippen LogP contribution in [0.15, 0.2) is 77.7 Å². The zero-order valence-electron chi connectivity index (χ0n) is 21.8. The fourth-order valence-electron chi connectivity index (χ4n) is 3.89. The standard InChI is InChI=1S/C28H32FN3O5S/c1-5-37-26-13-9-8-12-25(26)32(38(35,36)23-16-14-20(2)15-17-23)19-27(33)31(21(3)28(34)30-4)18-22-10-6-7-11-24(22)29/h6-17,21H,5,18-19H2,1-4H3,(H,30,34)/t21-/m1/s1. The number of sulfonamides is 1. The Labute approximate surface area is 223 Å². The van der Waals surface area contributed by atoms with Crippen LogP contribution in [0.5, 0.6) is 5.75 Å². The molecule has 0 saturated heterocycles. The van der Waals surface area contributed by atoms with Crippen molar-refractivity contribution in [3.8, 4) is 5.75 Å². The third-order valence-electron chi connectivity index (χ3n) is 6.03. The number of halogens is 1. The highest BCUT2D eigenvalue weighted by Crippen LogP contribution is 2.33. The monoisotopic (exact) mass is 541 g/mol. The van der Waals surface area contributed by atoms with Crippen molar-refractivity contribution in [2.24, 2.45) is 0 Å². The van der Waals surface area contributed by atoms with E-state index in [1.165, 1.54) is 44.3 Å². The molecule has 0 aliphatic heterocycles. The van der Waals surface area contributed by atoms with E-state index < -0.39 is 40.2 Å². The van der Waals surface area contributed by atoms with E-state index in [-0.39, 0.29) is 35.0 Å². The first-order valence-electron chi connectivity index (χ1n) is 12.2.